The molecule has 23 heavy (non-hydrogen) atoms. The monoisotopic (exact) mass is 331 g/mol. The van der Waals surface area contributed by atoms with Crippen LogP contribution in [-0.2, 0) is 13.6 Å². The molecule has 0 aliphatic carbocycles. The van der Waals surface area contributed by atoms with Gasteiger partial charge < -0.3 is 4.90 Å². The van der Waals surface area contributed by atoms with E-state index in [9.17, 15) is 9.18 Å². The Morgan fingerprint density at radius 1 is 1.39 bits per heavy atom. The Kier molecular flexibility index (Phi) is 4.17. The molecular weight excluding hydrogens is 313 g/mol. The first-order valence-electron chi connectivity index (χ1n) is 7.46. The van der Waals surface area contributed by atoms with Crippen LogP contribution in [0.25, 0.3) is 10.2 Å². The molecule has 1 amide bonds. The van der Waals surface area contributed by atoms with Crippen molar-refractivity contribution in [1.82, 2.24) is 14.7 Å². The zero-order valence-electron chi connectivity index (χ0n) is 13.3. The van der Waals surface area contributed by atoms with Gasteiger partial charge >= 0.3 is 0 Å². The van der Waals surface area contributed by atoms with Crippen LogP contribution in [0.2, 0.25) is 0 Å². The molecule has 0 aliphatic rings. The van der Waals surface area contributed by atoms with Gasteiger partial charge in [0.15, 0.2) is 0 Å². The van der Waals surface area contributed by atoms with Crippen LogP contribution in [0.15, 0.2) is 30.3 Å². The number of thiophene rings is 1. The second-order valence-corrected chi connectivity index (χ2v) is 6.52. The summed E-state index contributed by atoms with van der Waals surface area (Å²) in [6.07, 6.45) is 0. The molecule has 2 heterocycles. The van der Waals surface area contributed by atoms with Crippen LogP contribution in [-0.4, -0.2) is 27.1 Å². The summed E-state index contributed by atoms with van der Waals surface area (Å²) < 4.78 is 15.1. The molecule has 3 aromatic rings. The molecule has 0 fully saturated rings. The number of aromatic nitrogens is 2. The lowest BCUT2D eigenvalue weighted by molar-refractivity contribution is 0.0757. The van der Waals surface area contributed by atoms with Gasteiger partial charge in [-0.2, -0.15) is 5.10 Å². The summed E-state index contributed by atoms with van der Waals surface area (Å²) in [5, 5.41) is 5.37. The minimum Gasteiger partial charge on any atom is -0.334 e. The molecule has 4 nitrogen and oxygen atoms in total. The van der Waals surface area contributed by atoms with Crippen molar-refractivity contribution in [3.05, 3.63) is 52.3 Å². The van der Waals surface area contributed by atoms with E-state index in [2.05, 4.69) is 5.10 Å². The first-order chi connectivity index (χ1) is 11.0. The van der Waals surface area contributed by atoms with Crippen molar-refractivity contribution in [2.45, 2.75) is 20.4 Å². The average molecular weight is 331 g/mol. The van der Waals surface area contributed by atoms with Gasteiger partial charge in [0.25, 0.3) is 5.91 Å². The molecule has 0 N–H and O–H groups in total. The maximum absolute atomic E-state index is 13.3. The molecule has 0 saturated heterocycles. The van der Waals surface area contributed by atoms with Gasteiger partial charge in [-0.15, -0.1) is 11.3 Å². The number of benzene rings is 1. The lowest BCUT2D eigenvalue weighted by atomic mass is 10.2. The maximum Gasteiger partial charge on any atom is 0.264 e. The smallest absolute Gasteiger partial charge is 0.264 e. The topological polar surface area (TPSA) is 38.1 Å². The molecular formula is C17H18FN3OS. The first kappa shape index (κ1) is 15.7. The van der Waals surface area contributed by atoms with Crippen LogP contribution in [0.5, 0.6) is 0 Å². The molecule has 0 unspecified atom stereocenters. The number of hydrogen-bond donors (Lipinski definition) is 0. The van der Waals surface area contributed by atoms with Crippen molar-refractivity contribution in [3.8, 4) is 0 Å². The van der Waals surface area contributed by atoms with Crippen molar-refractivity contribution in [3.63, 3.8) is 0 Å². The number of carbonyl (C=O) groups is 1. The third kappa shape index (κ3) is 2.99. The van der Waals surface area contributed by atoms with Crippen molar-refractivity contribution >= 4 is 27.5 Å². The predicted molar refractivity (Wildman–Crippen MR) is 90.1 cm³/mol. The van der Waals surface area contributed by atoms with Gasteiger partial charge in [-0.05, 0) is 37.6 Å². The highest BCUT2D eigenvalue weighted by molar-refractivity contribution is 7.20. The van der Waals surface area contributed by atoms with Crippen LogP contribution in [0.3, 0.4) is 0 Å². The van der Waals surface area contributed by atoms with Crippen molar-refractivity contribution in [2.24, 2.45) is 7.05 Å². The summed E-state index contributed by atoms with van der Waals surface area (Å²) in [5.41, 5.74) is 1.71. The lowest BCUT2D eigenvalue weighted by Gasteiger charge is -2.20. The molecule has 120 valence electrons. The highest BCUT2D eigenvalue weighted by atomic mass is 32.1. The Labute approximate surface area is 138 Å². The molecule has 0 atom stereocenters. The summed E-state index contributed by atoms with van der Waals surface area (Å²) in [6.45, 7) is 4.84. The van der Waals surface area contributed by atoms with E-state index in [0.29, 0.717) is 18.0 Å². The van der Waals surface area contributed by atoms with Gasteiger partial charge in [0.1, 0.15) is 10.6 Å². The fourth-order valence-electron chi connectivity index (χ4n) is 2.65. The second-order valence-electron chi connectivity index (χ2n) is 5.49. The van der Waals surface area contributed by atoms with E-state index in [-0.39, 0.29) is 11.7 Å². The number of rotatable bonds is 4. The maximum atomic E-state index is 13.3. The molecule has 0 spiro atoms. The number of halogens is 1. The normalized spacial score (nSPS) is 11.1. The second kappa shape index (κ2) is 6.12. The lowest BCUT2D eigenvalue weighted by Crippen LogP contribution is -2.29. The highest BCUT2D eigenvalue weighted by Crippen LogP contribution is 2.28. The molecule has 2 aromatic heterocycles. The molecule has 1 aromatic carbocycles. The molecule has 0 saturated carbocycles. The molecule has 0 bridgehead atoms. The van der Waals surface area contributed by atoms with Gasteiger partial charge in [0, 0.05) is 25.5 Å². The minimum atomic E-state index is -0.283. The summed E-state index contributed by atoms with van der Waals surface area (Å²) in [6, 6.07) is 8.27. The minimum absolute atomic E-state index is 0.0302. The van der Waals surface area contributed by atoms with Crippen molar-refractivity contribution < 1.29 is 9.18 Å². The van der Waals surface area contributed by atoms with Gasteiger partial charge in [-0.25, -0.2) is 4.39 Å². The average Bonchev–Trinajstić information content (AvgIpc) is 3.06. The van der Waals surface area contributed by atoms with E-state index in [0.717, 1.165) is 21.5 Å². The predicted octanol–water partition coefficient (Wildman–Crippen LogP) is 3.74. The van der Waals surface area contributed by atoms with Crippen LogP contribution < -0.4 is 0 Å². The summed E-state index contributed by atoms with van der Waals surface area (Å²) in [5.74, 6) is -0.313. The number of carbonyl (C=O) groups excluding carboxylic acids is 1. The fourth-order valence-corrected chi connectivity index (χ4v) is 3.74. The van der Waals surface area contributed by atoms with Crippen LogP contribution in [0, 0.1) is 12.7 Å². The number of nitrogens with zero attached hydrogens (tertiary/aromatic N) is 3. The van der Waals surface area contributed by atoms with Crippen LogP contribution in [0.1, 0.15) is 27.9 Å². The van der Waals surface area contributed by atoms with Gasteiger partial charge in [0.2, 0.25) is 0 Å². The Morgan fingerprint density at radius 3 is 2.83 bits per heavy atom. The number of amides is 1. The third-order valence-corrected chi connectivity index (χ3v) is 5.03. The Balaban J connectivity index is 1.87. The van der Waals surface area contributed by atoms with E-state index < -0.39 is 0 Å². The van der Waals surface area contributed by atoms with E-state index in [4.69, 9.17) is 0 Å². The van der Waals surface area contributed by atoms with Crippen LogP contribution >= 0.6 is 11.3 Å². The number of aryl methyl sites for hydroxylation is 2. The Morgan fingerprint density at radius 2 is 2.17 bits per heavy atom. The van der Waals surface area contributed by atoms with E-state index in [1.54, 1.807) is 15.6 Å². The zero-order valence-corrected chi connectivity index (χ0v) is 14.2. The molecule has 3 rings (SSSR count). The third-order valence-electron chi connectivity index (χ3n) is 3.84. The van der Waals surface area contributed by atoms with Gasteiger partial charge in [0.05, 0.1) is 10.6 Å². The van der Waals surface area contributed by atoms with E-state index in [1.165, 1.54) is 23.5 Å². The number of hydrogen-bond acceptors (Lipinski definition) is 3. The largest absolute Gasteiger partial charge is 0.334 e. The van der Waals surface area contributed by atoms with E-state index in [1.807, 2.05) is 33.0 Å². The summed E-state index contributed by atoms with van der Waals surface area (Å²) in [7, 11) is 1.88. The fraction of sp³-hybridized carbons (Fsp3) is 0.294. The quantitative estimate of drug-likeness (QED) is 0.730. The molecule has 6 heteroatoms. The van der Waals surface area contributed by atoms with Crippen molar-refractivity contribution in [1.29, 1.82) is 0 Å². The van der Waals surface area contributed by atoms with Crippen molar-refractivity contribution in [2.75, 3.05) is 6.54 Å². The highest BCUT2D eigenvalue weighted by Gasteiger charge is 2.19. The summed E-state index contributed by atoms with van der Waals surface area (Å²) >= 11 is 1.45. The van der Waals surface area contributed by atoms with Gasteiger partial charge in [-0.3, -0.25) is 9.48 Å². The Hall–Kier alpha value is -2.21. The molecule has 0 aliphatic heterocycles. The van der Waals surface area contributed by atoms with Crippen LogP contribution in [0.4, 0.5) is 4.39 Å². The van der Waals surface area contributed by atoms with E-state index >= 15 is 0 Å². The standard InChI is InChI=1S/C17H18FN3OS/c1-4-21(10-12-6-5-7-13(18)8-12)16(22)15-9-14-11(2)19-20(3)17(14)23-15/h5-9H,4,10H2,1-3H3. The van der Waals surface area contributed by atoms with Gasteiger partial charge in [-0.1, -0.05) is 12.1 Å². The zero-order chi connectivity index (χ0) is 16.6. The summed E-state index contributed by atoms with van der Waals surface area (Å²) in [4.78, 5) is 16.2. The first-order valence-corrected chi connectivity index (χ1v) is 8.28. The Bertz CT molecular complexity index is 833. The SMILES string of the molecule is CCN(Cc1cccc(F)c1)C(=O)c1cc2c(C)nn(C)c2s1. The molecule has 0 radical (unpaired) electrons. The number of fused-ring (bicyclic) bond motifs is 1.